The predicted molar refractivity (Wildman–Crippen MR) is 127 cm³/mol. The summed E-state index contributed by atoms with van der Waals surface area (Å²) in [5.74, 6) is -2.21. The lowest BCUT2D eigenvalue weighted by Gasteiger charge is -2.45. The first-order valence-corrected chi connectivity index (χ1v) is 15.1. The number of hydrogen-bond donors (Lipinski definition) is 8. The van der Waals surface area contributed by atoms with Crippen molar-refractivity contribution in [3.8, 4) is 0 Å². The average Bonchev–Trinajstić information content (AvgIpc) is 2.85. The summed E-state index contributed by atoms with van der Waals surface area (Å²) in [6.07, 6.45) is -18.4. The Balaban J connectivity index is 1.72. The van der Waals surface area contributed by atoms with Gasteiger partial charge in [-0.2, -0.15) is 16.8 Å². The normalized spacial score (nSPS) is 44.5. The zero-order valence-electron chi connectivity index (χ0n) is 21.8. The SMILES string of the molecule is CC1O[C@@H](OC[C@H]2C(C)O[C@@H](OCC3C(O)COC(CO)[C@@H]3O)C(O)C2OS(=O)(=O)O)C(O)C(OS(=O)(=O)O)[C@H]1O. The highest BCUT2D eigenvalue weighted by atomic mass is 32.3. The number of aliphatic hydroxyl groups is 6. The van der Waals surface area contributed by atoms with Gasteiger partial charge in [0, 0.05) is 11.8 Å². The van der Waals surface area contributed by atoms with Crippen molar-refractivity contribution in [3.63, 3.8) is 0 Å². The van der Waals surface area contributed by atoms with Gasteiger partial charge in [-0.25, -0.2) is 8.37 Å². The molecule has 3 aliphatic heterocycles. The van der Waals surface area contributed by atoms with Gasteiger partial charge in [0.2, 0.25) is 0 Å². The molecule has 21 heteroatoms. The summed E-state index contributed by atoms with van der Waals surface area (Å²) in [5, 5.41) is 61.2. The summed E-state index contributed by atoms with van der Waals surface area (Å²) < 4.78 is 99.8. The van der Waals surface area contributed by atoms with Gasteiger partial charge >= 0.3 is 20.8 Å². The average molecular weight is 645 g/mol. The Morgan fingerprint density at radius 2 is 1.20 bits per heavy atom. The lowest BCUT2D eigenvalue weighted by atomic mass is 9.89. The van der Waals surface area contributed by atoms with Crippen LogP contribution in [0, 0.1) is 11.8 Å². The molecule has 0 radical (unpaired) electrons. The van der Waals surface area contributed by atoms with Crippen LogP contribution in [0.1, 0.15) is 13.8 Å². The molecule has 3 aliphatic rings. The van der Waals surface area contributed by atoms with Crippen molar-refractivity contribution < 1.29 is 88.6 Å². The Morgan fingerprint density at radius 3 is 1.73 bits per heavy atom. The quantitative estimate of drug-likeness (QED) is 0.0980. The maximum atomic E-state index is 11.6. The van der Waals surface area contributed by atoms with Crippen LogP contribution in [-0.2, 0) is 52.8 Å². The van der Waals surface area contributed by atoms with Crippen LogP contribution in [0.15, 0.2) is 0 Å². The van der Waals surface area contributed by atoms with E-state index in [0.717, 1.165) is 0 Å². The fourth-order valence-corrected chi connectivity index (χ4v) is 5.87. The summed E-state index contributed by atoms with van der Waals surface area (Å²) in [6.45, 7) is 0.860. The zero-order valence-corrected chi connectivity index (χ0v) is 23.4. The minimum Gasteiger partial charge on any atom is -0.394 e. The molecule has 19 nitrogen and oxygen atoms in total. The van der Waals surface area contributed by atoms with Crippen molar-refractivity contribution >= 4 is 20.8 Å². The van der Waals surface area contributed by atoms with Gasteiger partial charge in [0.05, 0.1) is 50.8 Å². The summed E-state index contributed by atoms with van der Waals surface area (Å²) in [5.41, 5.74) is 0. The van der Waals surface area contributed by atoms with E-state index in [9.17, 15) is 52.0 Å². The molecule has 14 atom stereocenters. The molecule has 9 unspecified atom stereocenters. The third-order valence-electron chi connectivity index (χ3n) is 7.12. The van der Waals surface area contributed by atoms with Crippen molar-refractivity contribution in [2.75, 3.05) is 26.4 Å². The molecule has 0 saturated carbocycles. The molecule has 3 fully saturated rings. The molecule has 3 heterocycles. The molecule has 242 valence electrons. The largest absolute Gasteiger partial charge is 0.397 e. The van der Waals surface area contributed by atoms with E-state index in [1.807, 2.05) is 0 Å². The second-order valence-corrected chi connectivity index (χ2v) is 12.1. The fraction of sp³-hybridized carbons (Fsp3) is 1.00. The first-order chi connectivity index (χ1) is 18.9. The third-order valence-corrected chi connectivity index (χ3v) is 8.05. The monoisotopic (exact) mass is 644 g/mol. The molecule has 3 rings (SSSR count). The van der Waals surface area contributed by atoms with E-state index in [2.05, 4.69) is 8.37 Å². The van der Waals surface area contributed by atoms with Crippen LogP contribution in [0.25, 0.3) is 0 Å². The van der Waals surface area contributed by atoms with Crippen molar-refractivity contribution in [2.24, 2.45) is 11.8 Å². The molecular weight excluding hydrogens is 608 g/mol. The maximum absolute atomic E-state index is 11.6. The molecular formula is C20H36O19S2. The molecule has 3 saturated heterocycles. The molecule has 0 aromatic heterocycles. The highest BCUT2D eigenvalue weighted by molar-refractivity contribution is 7.81. The van der Waals surface area contributed by atoms with Crippen molar-refractivity contribution in [1.82, 2.24) is 0 Å². The van der Waals surface area contributed by atoms with Crippen molar-refractivity contribution in [2.45, 2.75) is 87.5 Å². The Hall–Kier alpha value is -0.700. The van der Waals surface area contributed by atoms with Crippen LogP contribution in [-0.4, -0.2) is 157 Å². The van der Waals surface area contributed by atoms with E-state index < -0.39 is 126 Å². The van der Waals surface area contributed by atoms with Gasteiger partial charge in [-0.05, 0) is 13.8 Å². The number of ether oxygens (including phenoxy) is 5. The minimum atomic E-state index is -5.18. The molecule has 8 N–H and O–H groups in total. The van der Waals surface area contributed by atoms with E-state index in [1.54, 1.807) is 0 Å². The highest BCUT2D eigenvalue weighted by Gasteiger charge is 2.50. The van der Waals surface area contributed by atoms with Gasteiger partial charge < -0.3 is 54.3 Å². The molecule has 0 spiro atoms. The van der Waals surface area contributed by atoms with E-state index >= 15 is 0 Å². The topological polar surface area (TPSA) is 295 Å². The van der Waals surface area contributed by atoms with Crippen molar-refractivity contribution in [1.29, 1.82) is 0 Å². The second-order valence-electron chi connectivity index (χ2n) is 9.97. The smallest absolute Gasteiger partial charge is 0.394 e. The highest BCUT2D eigenvalue weighted by Crippen LogP contribution is 2.33. The van der Waals surface area contributed by atoms with Crippen LogP contribution in [0.5, 0.6) is 0 Å². The van der Waals surface area contributed by atoms with Gasteiger partial charge in [0.25, 0.3) is 0 Å². The Labute approximate surface area is 235 Å². The number of hydrogen-bond acceptors (Lipinski definition) is 17. The van der Waals surface area contributed by atoms with Gasteiger partial charge in [0.15, 0.2) is 12.6 Å². The van der Waals surface area contributed by atoms with Gasteiger partial charge in [-0.3, -0.25) is 9.11 Å². The first kappa shape index (κ1) is 34.8. The minimum absolute atomic E-state index is 0.227. The van der Waals surface area contributed by atoms with E-state index in [-0.39, 0.29) is 6.61 Å². The fourth-order valence-electron chi connectivity index (χ4n) is 4.82. The van der Waals surface area contributed by atoms with Gasteiger partial charge in [0.1, 0.15) is 36.6 Å². The standard InChI is InChI=1S/C20H36O19S2/c1-7-9(4-34-20-16(26)18(39-41(30,31)32)13(23)8(2)37-20)17(38-40(27,28)29)15(25)19(36-7)35-5-10-11(22)6-33-12(3-21)14(10)24/h7-26H,3-6H2,1-2H3,(H,27,28,29)(H,30,31,32)/t7?,8?,9-,10?,11?,12?,13-,14+,15?,16?,17?,18?,19+,20+/m0/s1. The van der Waals surface area contributed by atoms with Crippen LogP contribution >= 0.6 is 0 Å². The van der Waals surface area contributed by atoms with E-state index in [1.165, 1.54) is 13.8 Å². The molecule has 0 bridgehead atoms. The Bertz CT molecular complexity index is 1060. The summed E-state index contributed by atoms with van der Waals surface area (Å²) in [6, 6.07) is 0. The third kappa shape index (κ3) is 8.92. The Morgan fingerprint density at radius 1 is 0.707 bits per heavy atom. The maximum Gasteiger partial charge on any atom is 0.397 e. The van der Waals surface area contributed by atoms with Crippen LogP contribution in [0.4, 0.5) is 0 Å². The van der Waals surface area contributed by atoms with Gasteiger partial charge in [-0.1, -0.05) is 0 Å². The van der Waals surface area contributed by atoms with E-state index in [4.69, 9.17) is 28.2 Å². The van der Waals surface area contributed by atoms with Crippen molar-refractivity contribution in [3.05, 3.63) is 0 Å². The lowest BCUT2D eigenvalue weighted by Crippen LogP contribution is -2.61. The summed E-state index contributed by atoms with van der Waals surface area (Å²) in [4.78, 5) is 0. The Kier molecular flexibility index (Phi) is 11.8. The van der Waals surface area contributed by atoms with Crippen LogP contribution in [0.3, 0.4) is 0 Å². The molecule has 0 aliphatic carbocycles. The number of aliphatic hydroxyl groups excluding tert-OH is 6. The zero-order chi connectivity index (χ0) is 30.9. The lowest BCUT2D eigenvalue weighted by molar-refractivity contribution is -0.314. The molecule has 41 heavy (non-hydrogen) atoms. The van der Waals surface area contributed by atoms with Crippen LogP contribution < -0.4 is 0 Å². The first-order valence-electron chi connectivity index (χ1n) is 12.4. The second kappa shape index (κ2) is 13.9. The predicted octanol–water partition coefficient (Wildman–Crippen LogP) is -4.69. The van der Waals surface area contributed by atoms with Crippen LogP contribution in [0.2, 0.25) is 0 Å². The number of rotatable bonds is 11. The van der Waals surface area contributed by atoms with Gasteiger partial charge in [-0.15, -0.1) is 0 Å². The molecule has 0 amide bonds. The van der Waals surface area contributed by atoms with E-state index in [0.29, 0.717) is 0 Å². The summed E-state index contributed by atoms with van der Waals surface area (Å²) in [7, 11) is -10.3. The summed E-state index contributed by atoms with van der Waals surface area (Å²) >= 11 is 0. The molecule has 0 aromatic rings. The molecule has 0 aromatic carbocycles.